The van der Waals surface area contributed by atoms with Crippen molar-refractivity contribution < 1.29 is 0 Å². The highest BCUT2D eigenvalue weighted by atomic mass is 14.6. The predicted octanol–water partition coefficient (Wildman–Crippen LogP) is 2.18. The third kappa shape index (κ3) is 2.63. The van der Waals surface area contributed by atoms with E-state index < -0.39 is 0 Å². The number of hydrogen-bond acceptors (Lipinski definition) is 2. The molecule has 0 atom stereocenters. The number of rotatable bonds is 1. The summed E-state index contributed by atoms with van der Waals surface area (Å²) >= 11 is 0. The van der Waals surface area contributed by atoms with E-state index in [4.69, 9.17) is 11.0 Å². The Labute approximate surface area is 68.7 Å². The molecule has 0 radical (unpaired) electrons. The van der Waals surface area contributed by atoms with Crippen molar-refractivity contribution in [3.05, 3.63) is 11.3 Å². The fraction of sp³-hybridized carbons (Fsp3) is 0.667. The van der Waals surface area contributed by atoms with Gasteiger partial charge in [0.15, 0.2) is 0 Å². The number of nitriles is 1. The predicted molar refractivity (Wildman–Crippen MR) is 46.6 cm³/mol. The first-order valence-corrected chi connectivity index (χ1v) is 3.82. The van der Waals surface area contributed by atoms with E-state index in [1.807, 2.05) is 27.7 Å². The maximum atomic E-state index is 8.67. The van der Waals surface area contributed by atoms with E-state index in [1.165, 1.54) is 0 Å². The Morgan fingerprint density at radius 3 is 2.00 bits per heavy atom. The van der Waals surface area contributed by atoms with Crippen molar-refractivity contribution in [3.63, 3.8) is 0 Å². The lowest BCUT2D eigenvalue weighted by molar-refractivity contribution is 0.492. The Hall–Kier alpha value is -0.970. The molecule has 11 heavy (non-hydrogen) atoms. The second kappa shape index (κ2) is 3.43. The Bertz CT molecular complexity index is 201. The van der Waals surface area contributed by atoms with Gasteiger partial charge in [0, 0.05) is 16.7 Å². The molecule has 0 fully saturated rings. The van der Waals surface area contributed by atoms with Gasteiger partial charge in [-0.1, -0.05) is 27.7 Å². The molecule has 0 aromatic rings. The summed E-state index contributed by atoms with van der Waals surface area (Å²) in [5.41, 5.74) is 7.11. The van der Waals surface area contributed by atoms with E-state index in [2.05, 4.69) is 6.07 Å². The van der Waals surface area contributed by atoms with Crippen LogP contribution in [0.25, 0.3) is 0 Å². The SMILES string of the molecule is CCC(C#N)=C(N)C(C)(C)C. The maximum absolute atomic E-state index is 8.67. The molecule has 0 aliphatic heterocycles. The Morgan fingerprint density at radius 1 is 1.45 bits per heavy atom. The van der Waals surface area contributed by atoms with Crippen molar-refractivity contribution >= 4 is 0 Å². The molecule has 0 heterocycles. The van der Waals surface area contributed by atoms with Crippen LogP contribution in [0.15, 0.2) is 11.3 Å². The summed E-state index contributed by atoms with van der Waals surface area (Å²) in [5, 5.41) is 8.67. The van der Waals surface area contributed by atoms with Gasteiger partial charge in [-0.3, -0.25) is 0 Å². The van der Waals surface area contributed by atoms with Crippen LogP contribution in [0.5, 0.6) is 0 Å². The van der Waals surface area contributed by atoms with Crippen molar-refractivity contribution in [1.82, 2.24) is 0 Å². The molecule has 0 aromatic carbocycles. The first-order valence-electron chi connectivity index (χ1n) is 3.82. The van der Waals surface area contributed by atoms with Gasteiger partial charge in [-0.2, -0.15) is 5.26 Å². The minimum Gasteiger partial charge on any atom is -0.401 e. The highest BCUT2D eigenvalue weighted by Gasteiger charge is 2.16. The van der Waals surface area contributed by atoms with E-state index in [0.717, 1.165) is 6.42 Å². The third-order valence-corrected chi connectivity index (χ3v) is 1.62. The second-order valence-corrected chi connectivity index (χ2v) is 3.61. The number of nitrogens with two attached hydrogens (primary N) is 1. The summed E-state index contributed by atoms with van der Waals surface area (Å²) in [6.45, 7) is 7.97. The molecule has 0 amide bonds. The molecular formula is C9H16N2. The minimum absolute atomic E-state index is 0.0823. The quantitative estimate of drug-likeness (QED) is 0.585. The van der Waals surface area contributed by atoms with E-state index in [1.54, 1.807) is 0 Å². The molecule has 0 bridgehead atoms. The van der Waals surface area contributed by atoms with Crippen molar-refractivity contribution in [2.24, 2.45) is 11.1 Å². The van der Waals surface area contributed by atoms with Crippen molar-refractivity contribution in [1.29, 1.82) is 5.26 Å². The fourth-order valence-corrected chi connectivity index (χ4v) is 0.782. The smallest absolute Gasteiger partial charge is 0.0965 e. The van der Waals surface area contributed by atoms with Crippen LogP contribution in [-0.2, 0) is 0 Å². The minimum atomic E-state index is -0.0823. The molecule has 0 spiro atoms. The van der Waals surface area contributed by atoms with E-state index >= 15 is 0 Å². The maximum Gasteiger partial charge on any atom is 0.0965 e. The van der Waals surface area contributed by atoms with Crippen LogP contribution >= 0.6 is 0 Å². The molecule has 0 saturated carbocycles. The fourth-order valence-electron chi connectivity index (χ4n) is 0.782. The highest BCUT2D eigenvalue weighted by molar-refractivity contribution is 5.28. The lowest BCUT2D eigenvalue weighted by atomic mass is 9.89. The van der Waals surface area contributed by atoms with Gasteiger partial charge in [-0.15, -0.1) is 0 Å². The third-order valence-electron chi connectivity index (χ3n) is 1.62. The van der Waals surface area contributed by atoms with Crippen LogP contribution in [0.4, 0.5) is 0 Å². The molecule has 2 N–H and O–H groups in total. The van der Waals surface area contributed by atoms with Gasteiger partial charge in [-0.05, 0) is 6.42 Å². The number of allylic oxidation sites excluding steroid dienone is 2. The van der Waals surface area contributed by atoms with Crippen molar-refractivity contribution in [2.75, 3.05) is 0 Å². The summed E-state index contributed by atoms with van der Waals surface area (Å²) in [7, 11) is 0. The molecular weight excluding hydrogens is 136 g/mol. The van der Waals surface area contributed by atoms with Gasteiger partial charge in [0.05, 0.1) is 6.07 Å². The van der Waals surface area contributed by atoms with Crippen LogP contribution in [-0.4, -0.2) is 0 Å². The van der Waals surface area contributed by atoms with Gasteiger partial charge in [0.1, 0.15) is 0 Å². The van der Waals surface area contributed by atoms with Crippen molar-refractivity contribution in [2.45, 2.75) is 34.1 Å². The van der Waals surface area contributed by atoms with Gasteiger partial charge >= 0.3 is 0 Å². The van der Waals surface area contributed by atoms with E-state index in [-0.39, 0.29) is 5.41 Å². The van der Waals surface area contributed by atoms with Crippen LogP contribution < -0.4 is 5.73 Å². The monoisotopic (exact) mass is 152 g/mol. The Kier molecular flexibility index (Phi) is 3.13. The first-order chi connectivity index (χ1) is 4.93. The molecule has 0 aliphatic carbocycles. The van der Waals surface area contributed by atoms with E-state index in [9.17, 15) is 0 Å². The zero-order valence-electron chi connectivity index (χ0n) is 7.73. The van der Waals surface area contributed by atoms with Crippen LogP contribution in [0, 0.1) is 16.7 Å². The Morgan fingerprint density at radius 2 is 1.91 bits per heavy atom. The molecule has 0 aliphatic rings. The zero-order chi connectivity index (χ0) is 9.07. The van der Waals surface area contributed by atoms with Crippen LogP contribution in [0.2, 0.25) is 0 Å². The van der Waals surface area contributed by atoms with Gasteiger partial charge in [0.2, 0.25) is 0 Å². The highest BCUT2D eigenvalue weighted by Crippen LogP contribution is 2.24. The molecule has 2 heteroatoms. The van der Waals surface area contributed by atoms with Crippen LogP contribution in [0.1, 0.15) is 34.1 Å². The van der Waals surface area contributed by atoms with Crippen LogP contribution in [0.3, 0.4) is 0 Å². The zero-order valence-corrected chi connectivity index (χ0v) is 7.73. The molecule has 0 aromatic heterocycles. The molecule has 2 nitrogen and oxygen atoms in total. The van der Waals surface area contributed by atoms with Crippen molar-refractivity contribution in [3.8, 4) is 6.07 Å². The summed E-state index contributed by atoms with van der Waals surface area (Å²) < 4.78 is 0. The lowest BCUT2D eigenvalue weighted by Crippen LogP contribution is -2.19. The van der Waals surface area contributed by atoms with Gasteiger partial charge < -0.3 is 5.73 Å². The molecule has 0 rings (SSSR count). The molecule has 0 unspecified atom stereocenters. The lowest BCUT2D eigenvalue weighted by Gasteiger charge is -2.20. The normalized spacial score (nSPS) is 13.7. The molecule has 0 saturated heterocycles. The topological polar surface area (TPSA) is 49.8 Å². The average Bonchev–Trinajstić information content (AvgIpc) is 1.88. The van der Waals surface area contributed by atoms with Gasteiger partial charge in [-0.25, -0.2) is 0 Å². The number of nitrogens with zero attached hydrogens (tertiary/aromatic N) is 1. The second-order valence-electron chi connectivity index (χ2n) is 3.61. The number of hydrogen-bond donors (Lipinski definition) is 1. The average molecular weight is 152 g/mol. The standard InChI is InChI=1S/C9H16N2/c1-5-7(6-10)8(11)9(2,3)4/h5,11H2,1-4H3. The Balaban J connectivity index is 4.81. The summed E-state index contributed by atoms with van der Waals surface area (Å²) in [6, 6.07) is 2.11. The first kappa shape index (κ1) is 10.0. The van der Waals surface area contributed by atoms with E-state index in [0.29, 0.717) is 11.3 Å². The largest absolute Gasteiger partial charge is 0.401 e. The molecule has 62 valence electrons. The summed E-state index contributed by atoms with van der Waals surface area (Å²) in [4.78, 5) is 0. The summed E-state index contributed by atoms with van der Waals surface area (Å²) in [5.74, 6) is 0. The van der Waals surface area contributed by atoms with Gasteiger partial charge in [0.25, 0.3) is 0 Å². The summed E-state index contributed by atoms with van der Waals surface area (Å²) in [6.07, 6.45) is 0.722.